The average molecular weight is 675 g/mol. The van der Waals surface area contributed by atoms with Crippen molar-refractivity contribution >= 4 is 29.3 Å². The van der Waals surface area contributed by atoms with E-state index in [4.69, 9.17) is 4.74 Å². The van der Waals surface area contributed by atoms with E-state index >= 15 is 0 Å². The predicted molar refractivity (Wildman–Crippen MR) is 155 cm³/mol. The Bertz CT molecular complexity index is 1380. The molecule has 1 nitrogen and oxygen atoms in total. The molecular formula is C34H29OOsP+. The summed E-state index contributed by atoms with van der Waals surface area (Å²) >= 11 is 1.76. The van der Waals surface area contributed by atoms with Crippen LogP contribution in [-0.2, 0) is 22.7 Å². The fraction of sp³-hybridized carbons (Fsp3) is 0.0882. The van der Waals surface area contributed by atoms with Crippen LogP contribution in [0.3, 0.4) is 0 Å². The molecule has 3 heteroatoms. The molecule has 1 aliphatic heterocycles. The summed E-state index contributed by atoms with van der Waals surface area (Å²) < 4.78 is 9.18. The van der Waals surface area contributed by atoms with Gasteiger partial charge in [0.2, 0.25) is 0 Å². The topological polar surface area (TPSA) is 9.23 Å². The number of benzene rings is 4. The monoisotopic (exact) mass is 676 g/mol. The molecule has 0 atom stereocenters. The van der Waals surface area contributed by atoms with Crippen molar-refractivity contribution in [3.8, 4) is 4.37 Å². The summed E-state index contributed by atoms with van der Waals surface area (Å²) in [6, 6.07) is 43.9. The molecule has 0 radical (unpaired) electrons. The zero-order chi connectivity index (χ0) is 25.5. The van der Waals surface area contributed by atoms with Crippen molar-refractivity contribution < 1.29 is 22.7 Å². The predicted octanol–water partition coefficient (Wildman–Crippen LogP) is 6.80. The van der Waals surface area contributed by atoms with Gasteiger partial charge in [0, 0.05) is 0 Å². The van der Waals surface area contributed by atoms with Gasteiger partial charge in [-0.25, -0.2) is 0 Å². The van der Waals surface area contributed by atoms with Gasteiger partial charge in [-0.3, -0.25) is 0 Å². The Morgan fingerprint density at radius 2 is 1.14 bits per heavy atom. The summed E-state index contributed by atoms with van der Waals surface area (Å²) in [6.45, 7) is 3.53. The Labute approximate surface area is 230 Å². The van der Waals surface area contributed by atoms with E-state index in [0.29, 0.717) is 13.2 Å². The van der Waals surface area contributed by atoms with Crippen molar-refractivity contribution in [2.45, 2.75) is 6.92 Å². The van der Waals surface area contributed by atoms with Gasteiger partial charge in [-0.15, -0.1) is 0 Å². The third-order valence-electron chi connectivity index (χ3n) is 6.69. The molecule has 1 aliphatic rings. The Morgan fingerprint density at radius 1 is 0.676 bits per heavy atom. The molecule has 0 aliphatic carbocycles. The van der Waals surface area contributed by atoms with Crippen molar-refractivity contribution in [3.63, 3.8) is 0 Å². The van der Waals surface area contributed by atoms with Crippen LogP contribution in [0.1, 0.15) is 12.5 Å². The molecule has 0 aromatic heterocycles. The summed E-state index contributed by atoms with van der Waals surface area (Å²) in [6.07, 6.45) is 4.74. The Kier molecular flexibility index (Phi) is 8.26. The normalized spacial score (nSPS) is 14.5. The van der Waals surface area contributed by atoms with E-state index in [-0.39, 0.29) is 0 Å². The Hall–Kier alpha value is -3.09. The molecule has 0 bridgehead atoms. The van der Waals surface area contributed by atoms with Gasteiger partial charge >= 0.3 is 231 Å². The summed E-state index contributed by atoms with van der Waals surface area (Å²) in [4.78, 5) is 0. The maximum absolute atomic E-state index is 5.81. The van der Waals surface area contributed by atoms with Crippen LogP contribution in [0.25, 0.3) is 6.08 Å². The van der Waals surface area contributed by atoms with Gasteiger partial charge in [-0.05, 0) is 0 Å². The van der Waals surface area contributed by atoms with E-state index in [1.807, 2.05) is 0 Å². The molecule has 4 aromatic carbocycles. The number of ether oxygens (including phenoxy) is 1. The van der Waals surface area contributed by atoms with Crippen molar-refractivity contribution in [3.05, 3.63) is 155 Å². The number of hydrogen-bond donors (Lipinski definition) is 0. The number of allylic oxidation sites excluding steroid dienone is 2. The van der Waals surface area contributed by atoms with Crippen LogP contribution in [0.15, 0.2) is 149 Å². The van der Waals surface area contributed by atoms with Crippen molar-refractivity contribution in [1.29, 1.82) is 0 Å². The molecule has 0 amide bonds. The van der Waals surface area contributed by atoms with Crippen molar-refractivity contribution in [1.82, 2.24) is 0 Å². The zero-order valence-corrected chi connectivity index (χ0v) is 24.3. The van der Waals surface area contributed by atoms with Crippen LogP contribution < -0.4 is 15.9 Å². The van der Waals surface area contributed by atoms with Gasteiger partial charge < -0.3 is 0 Å². The molecule has 0 fully saturated rings. The fourth-order valence-electron chi connectivity index (χ4n) is 4.99. The van der Waals surface area contributed by atoms with Crippen molar-refractivity contribution in [2.24, 2.45) is 0 Å². The fourth-order valence-corrected chi connectivity index (χ4v) is 10.1. The first-order valence-electron chi connectivity index (χ1n) is 12.4. The summed E-state index contributed by atoms with van der Waals surface area (Å²) in [5, 5.41) is 5.37. The van der Waals surface area contributed by atoms with E-state index in [2.05, 4.69) is 145 Å². The molecule has 5 rings (SSSR count). The van der Waals surface area contributed by atoms with Gasteiger partial charge in [0.05, 0.1) is 0 Å². The van der Waals surface area contributed by atoms with Crippen molar-refractivity contribution in [2.75, 3.05) is 13.2 Å². The van der Waals surface area contributed by atoms with Gasteiger partial charge in [0.1, 0.15) is 0 Å². The second-order valence-corrected chi connectivity index (χ2v) is 13.0. The average Bonchev–Trinajstić information content (AvgIpc) is 3.42. The maximum atomic E-state index is 5.81. The van der Waals surface area contributed by atoms with Crippen LogP contribution in [0.5, 0.6) is 0 Å². The van der Waals surface area contributed by atoms with Crippen LogP contribution in [0.4, 0.5) is 0 Å². The first kappa shape index (κ1) is 25.6. The van der Waals surface area contributed by atoms with E-state index in [1.54, 1.807) is 17.9 Å². The molecule has 4 aromatic rings. The van der Waals surface area contributed by atoms with Gasteiger partial charge in [0.25, 0.3) is 0 Å². The molecular weight excluding hydrogens is 646 g/mol. The van der Waals surface area contributed by atoms with Crippen LogP contribution >= 0.6 is 7.26 Å². The summed E-state index contributed by atoms with van der Waals surface area (Å²) in [5.41, 5.74) is 4.84. The van der Waals surface area contributed by atoms with Crippen LogP contribution in [0, 0.1) is 4.37 Å². The molecule has 0 spiro atoms. The molecule has 0 saturated carbocycles. The van der Waals surface area contributed by atoms with E-state index in [9.17, 15) is 0 Å². The minimum atomic E-state index is -2.26. The van der Waals surface area contributed by atoms with E-state index in [0.717, 1.165) is 0 Å². The molecule has 0 saturated heterocycles. The molecule has 0 unspecified atom stereocenters. The molecule has 1 heterocycles. The SMILES string of the molecule is CC(=CC1=C([C]#[Os])COC1)C(=Cc1ccccc1)[P+](c1ccccc1)(c1ccccc1)c1ccccc1. The third kappa shape index (κ3) is 5.31. The quantitative estimate of drug-likeness (QED) is 0.155. The van der Waals surface area contributed by atoms with E-state index in [1.165, 1.54) is 43.5 Å². The van der Waals surface area contributed by atoms with Crippen LogP contribution in [-0.4, -0.2) is 13.2 Å². The third-order valence-corrected chi connectivity index (χ3v) is 11.9. The first-order valence-corrected chi connectivity index (χ1v) is 15.5. The summed E-state index contributed by atoms with van der Waals surface area (Å²) in [5.74, 6) is 0. The second kappa shape index (κ2) is 12.0. The molecule has 0 N–H and O–H groups in total. The zero-order valence-electron chi connectivity index (χ0n) is 20.8. The summed E-state index contributed by atoms with van der Waals surface area (Å²) in [7, 11) is -2.26. The van der Waals surface area contributed by atoms with Gasteiger partial charge in [0.15, 0.2) is 0 Å². The second-order valence-electron chi connectivity index (χ2n) is 9.03. The Morgan fingerprint density at radius 3 is 1.59 bits per heavy atom. The van der Waals surface area contributed by atoms with Gasteiger partial charge in [-0.1, -0.05) is 0 Å². The van der Waals surface area contributed by atoms with E-state index < -0.39 is 7.26 Å². The minimum absolute atomic E-state index is 0.629. The van der Waals surface area contributed by atoms with Crippen LogP contribution in [0.2, 0.25) is 0 Å². The molecule has 37 heavy (non-hydrogen) atoms. The first-order chi connectivity index (χ1) is 18.2. The Balaban J connectivity index is 1.90. The number of rotatable bonds is 7. The molecule has 183 valence electrons. The number of hydrogen-bond acceptors (Lipinski definition) is 1. The van der Waals surface area contributed by atoms with Gasteiger partial charge in [-0.2, -0.15) is 0 Å². The standard InChI is InChI=1S/C34H29OP.Os/c1-27(23-30-26-35-25-28(30)2)34(24-29-15-7-3-8-16-29)36(31-17-9-4-10-18-31,32-19-11-5-12-20-32)33-21-13-6-14-22-33;/h3-24H,25-26H2,1H3;/q+1;.